The summed E-state index contributed by atoms with van der Waals surface area (Å²) in [5.74, 6) is 0.930. The van der Waals surface area contributed by atoms with Gasteiger partial charge in [-0.2, -0.15) is 0 Å². The second-order valence-corrected chi connectivity index (χ2v) is 6.72. The number of hydrogen-bond acceptors (Lipinski definition) is 2. The number of allylic oxidation sites excluding steroid dienone is 1. The van der Waals surface area contributed by atoms with E-state index in [0.717, 1.165) is 38.5 Å². The van der Waals surface area contributed by atoms with Crippen molar-refractivity contribution in [3.8, 4) is 0 Å². The summed E-state index contributed by atoms with van der Waals surface area (Å²) in [6.07, 6.45) is 12.1. The molecule has 0 saturated heterocycles. The van der Waals surface area contributed by atoms with Crippen LogP contribution in [0.2, 0.25) is 0 Å². The van der Waals surface area contributed by atoms with Gasteiger partial charge in [-0.05, 0) is 56.8 Å². The van der Waals surface area contributed by atoms with Crippen molar-refractivity contribution < 1.29 is 10.2 Å². The van der Waals surface area contributed by atoms with Gasteiger partial charge >= 0.3 is 0 Å². The van der Waals surface area contributed by atoms with Gasteiger partial charge in [0.05, 0.1) is 12.2 Å². The maximum atomic E-state index is 10.00. The molecule has 0 heterocycles. The summed E-state index contributed by atoms with van der Waals surface area (Å²) in [7, 11) is 0. The topological polar surface area (TPSA) is 40.5 Å². The molecule has 2 heteroatoms. The van der Waals surface area contributed by atoms with E-state index in [2.05, 4.69) is 6.58 Å². The highest BCUT2D eigenvalue weighted by Gasteiger charge is 2.25. The van der Waals surface area contributed by atoms with E-state index < -0.39 is 0 Å². The largest absolute Gasteiger partial charge is 0.393 e. The summed E-state index contributed by atoms with van der Waals surface area (Å²) in [6, 6.07) is 0. The van der Waals surface area contributed by atoms with Gasteiger partial charge in [0.15, 0.2) is 0 Å². The summed E-state index contributed by atoms with van der Waals surface area (Å²) in [5, 5.41) is 20.0. The lowest BCUT2D eigenvalue weighted by molar-refractivity contribution is 0.0621. The van der Waals surface area contributed by atoms with Crippen LogP contribution in [0.4, 0.5) is 0 Å². The molecule has 2 aliphatic carbocycles. The van der Waals surface area contributed by atoms with Gasteiger partial charge in [0.2, 0.25) is 0 Å². The smallest absolute Gasteiger partial charge is 0.0571 e. The maximum absolute atomic E-state index is 10.00. The van der Waals surface area contributed by atoms with Crippen molar-refractivity contribution in [2.24, 2.45) is 11.8 Å². The third-order valence-corrected chi connectivity index (χ3v) is 5.16. The molecule has 0 aromatic rings. The quantitative estimate of drug-likeness (QED) is 0.743. The van der Waals surface area contributed by atoms with Crippen LogP contribution in [-0.2, 0) is 0 Å². The fourth-order valence-electron chi connectivity index (χ4n) is 3.81. The molecule has 0 aliphatic heterocycles. The lowest BCUT2D eigenvalue weighted by Crippen LogP contribution is -2.26. The molecule has 0 aromatic heterocycles. The minimum atomic E-state index is -0.106. The molecule has 2 aliphatic rings. The van der Waals surface area contributed by atoms with Gasteiger partial charge in [-0.1, -0.05) is 37.8 Å². The first-order valence-corrected chi connectivity index (χ1v) is 8.19. The Morgan fingerprint density at radius 3 is 1.95 bits per heavy atom. The second kappa shape index (κ2) is 7.44. The van der Waals surface area contributed by atoms with Crippen LogP contribution in [0.1, 0.15) is 70.6 Å². The first-order valence-electron chi connectivity index (χ1n) is 8.19. The summed E-state index contributed by atoms with van der Waals surface area (Å²) in [6.45, 7) is 4.20. The Labute approximate surface area is 117 Å². The van der Waals surface area contributed by atoms with Crippen molar-refractivity contribution in [2.75, 3.05) is 0 Å². The minimum Gasteiger partial charge on any atom is -0.393 e. The van der Waals surface area contributed by atoms with Crippen LogP contribution < -0.4 is 0 Å². The summed E-state index contributed by atoms with van der Waals surface area (Å²) >= 11 is 0. The van der Waals surface area contributed by atoms with Crippen molar-refractivity contribution in [1.82, 2.24) is 0 Å². The average molecular weight is 266 g/mol. The summed E-state index contributed by atoms with van der Waals surface area (Å²) < 4.78 is 0. The molecule has 0 bridgehead atoms. The van der Waals surface area contributed by atoms with E-state index >= 15 is 0 Å². The highest BCUT2D eigenvalue weighted by Crippen LogP contribution is 2.33. The standard InChI is InChI=1S/C17H30O2/c1-13(12-15-7-3-5-9-17(15)19)10-11-14-6-2-4-8-16(14)18/h14-19H,1-12H2. The highest BCUT2D eigenvalue weighted by molar-refractivity contribution is 4.98. The predicted octanol–water partition coefficient (Wildman–Crippen LogP) is 3.82. The molecule has 2 rings (SSSR count). The zero-order chi connectivity index (χ0) is 13.7. The molecule has 0 amide bonds. The monoisotopic (exact) mass is 266 g/mol. The molecule has 2 saturated carbocycles. The fourth-order valence-corrected chi connectivity index (χ4v) is 3.81. The van der Waals surface area contributed by atoms with Gasteiger partial charge in [-0.3, -0.25) is 0 Å². The van der Waals surface area contributed by atoms with Crippen LogP contribution in [0.5, 0.6) is 0 Å². The second-order valence-electron chi connectivity index (χ2n) is 6.72. The number of rotatable bonds is 5. The number of hydrogen-bond donors (Lipinski definition) is 2. The first-order chi connectivity index (χ1) is 9.16. The molecule has 0 radical (unpaired) electrons. The van der Waals surface area contributed by atoms with E-state index in [0.29, 0.717) is 11.8 Å². The fraction of sp³-hybridized carbons (Fsp3) is 0.882. The molecule has 0 aromatic carbocycles. The van der Waals surface area contributed by atoms with E-state index in [-0.39, 0.29) is 12.2 Å². The predicted molar refractivity (Wildman–Crippen MR) is 78.9 cm³/mol. The van der Waals surface area contributed by atoms with Crippen LogP contribution >= 0.6 is 0 Å². The Hall–Kier alpha value is -0.340. The van der Waals surface area contributed by atoms with Crippen LogP contribution in [0, 0.1) is 11.8 Å². The Bertz CT molecular complexity index is 287. The Kier molecular flexibility index (Phi) is 5.90. The van der Waals surface area contributed by atoms with Gasteiger partial charge in [0.25, 0.3) is 0 Å². The third-order valence-electron chi connectivity index (χ3n) is 5.16. The molecule has 0 spiro atoms. The van der Waals surface area contributed by atoms with Crippen LogP contribution in [0.3, 0.4) is 0 Å². The van der Waals surface area contributed by atoms with Gasteiger partial charge in [0.1, 0.15) is 0 Å². The molecule has 19 heavy (non-hydrogen) atoms. The molecule has 2 nitrogen and oxygen atoms in total. The van der Waals surface area contributed by atoms with Crippen LogP contribution in [0.15, 0.2) is 12.2 Å². The molecule has 2 fully saturated rings. The van der Waals surface area contributed by atoms with E-state index in [4.69, 9.17) is 0 Å². The normalized spacial score (nSPS) is 36.1. The third kappa shape index (κ3) is 4.61. The van der Waals surface area contributed by atoms with E-state index in [1.54, 1.807) is 0 Å². The molecule has 4 unspecified atom stereocenters. The average Bonchev–Trinajstić information content (AvgIpc) is 2.40. The Morgan fingerprint density at radius 1 is 0.842 bits per heavy atom. The zero-order valence-electron chi connectivity index (χ0n) is 12.2. The van der Waals surface area contributed by atoms with Crippen molar-refractivity contribution in [3.63, 3.8) is 0 Å². The summed E-state index contributed by atoms with van der Waals surface area (Å²) in [4.78, 5) is 0. The van der Waals surface area contributed by atoms with E-state index in [9.17, 15) is 10.2 Å². The van der Waals surface area contributed by atoms with Crippen molar-refractivity contribution >= 4 is 0 Å². The van der Waals surface area contributed by atoms with Gasteiger partial charge in [0, 0.05) is 0 Å². The lowest BCUT2D eigenvalue weighted by Gasteiger charge is -2.30. The Balaban J connectivity index is 1.69. The van der Waals surface area contributed by atoms with Crippen molar-refractivity contribution in [3.05, 3.63) is 12.2 Å². The molecule has 110 valence electrons. The van der Waals surface area contributed by atoms with Crippen LogP contribution in [-0.4, -0.2) is 22.4 Å². The van der Waals surface area contributed by atoms with E-state index in [1.807, 2.05) is 0 Å². The molecular formula is C17H30O2. The molecular weight excluding hydrogens is 236 g/mol. The van der Waals surface area contributed by atoms with Gasteiger partial charge < -0.3 is 10.2 Å². The van der Waals surface area contributed by atoms with Gasteiger partial charge in [-0.15, -0.1) is 0 Å². The maximum Gasteiger partial charge on any atom is 0.0571 e. The zero-order valence-corrected chi connectivity index (χ0v) is 12.2. The lowest BCUT2D eigenvalue weighted by atomic mass is 9.79. The Morgan fingerprint density at radius 2 is 1.37 bits per heavy atom. The van der Waals surface area contributed by atoms with Crippen LogP contribution in [0.25, 0.3) is 0 Å². The number of aliphatic hydroxyl groups is 2. The SMILES string of the molecule is C=C(CCC1CCCCC1O)CC1CCCCC1O. The highest BCUT2D eigenvalue weighted by atomic mass is 16.3. The first kappa shape index (κ1) is 15.1. The molecule has 4 atom stereocenters. The number of aliphatic hydroxyl groups excluding tert-OH is 2. The van der Waals surface area contributed by atoms with E-state index in [1.165, 1.54) is 37.7 Å². The molecule has 2 N–H and O–H groups in total. The van der Waals surface area contributed by atoms with Gasteiger partial charge in [-0.25, -0.2) is 0 Å². The summed E-state index contributed by atoms with van der Waals surface area (Å²) in [5.41, 5.74) is 1.28. The minimum absolute atomic E-state index is 0.0816. The van der Waals surface area contributed by atoms with Crippen molar-refractivity contribution in [2.45, 2.75) is 82.8 Å². The van der Waals surface area contributed by atoms with Crippen molar-refractivity contribution in [1.29, 1.82) is 0 Å².